The van der Waals surface area contributed by atoms with Gasteiger partial charge in [0.25, 0.3) is 0 Å². The Kier molecular flexibility index (Phi) is 4.50. The van der Waals surface area contributed by atoms with E-state index in [1.807, 2.05) is 0 Å². The lowest BCUT2D eigenvalue weighted by atomic mass is 10.1. The molecule has 2 rings (SSSR count). The van der Waals surface area contributed by atoms with Crippen molar-refractivity contribution in [3.8, 4) is 0 Å². The van der Waals surface area contributed by atoms with Crippen LogP contribution in [0.15, 0.2) is 18.2 Å². The minimum atomic E-state index is -0.567. The fraction of sp³-hybridized carbons (Fsp3) is 0.571. The number of halogens is 2. The second kappa shape index (κ2) is 5.94. The first kappa shape index (κ1) is 14.4. The largest absolute Gasteiger partial charge is 0.323 e. The maximum atomic E-state index is 13.6. The summed E-state index contributed by atoms with van der Waals surface area (Å²) in [7, 11) is 4.13. The molecule has 106 valence electrons. The van der Waals surface area contributed by atoms with E-state index in [9.17, 15) is 8.78 Å². The SMILES string of the molecule is CN(C)C1CCN(CC(N)c2ccc(F)cc2F)C1. The first-order valence-electron chi connectivity index (χ1n) is 6.56. The van der Waals surface area contributed by atoms with E-state index in [-0.39, 0.29) is 0 Å². The van der Waals surface area contributed by atoms with Gasteiger partial charge in [-0.1, -0.05) is 6.07 Å². The molecule has 0 aromatic heterocycles. The first-order chi connectivity index (χ1) is 8.97. The number of likely N-dealkylation sites (N-methyl/N-ethyl adjacent to an activating group) is 1. The highest BCUT2D eigenvalue weighted by molar-refractivity contribution is 5.22. The number of benzene rings is 1. The van der Waals surface area contributed by atoms with Crippen molar-refractivity contribution in [1.29, 1.82) is 0 Å². The standard InChI is InChI=1S/C14H21F2N3/c1-18(2)11-5-6-19(8-11)9-14(17)12-4-3-10(15)7-13(12)16/h3-4,7,11,14H,5-6,8-9,17H2,1-2H3. The molecule has 5 heteroatoms. The van der Waals surface area contributed by atoms with Gasteiger partial charge in [-0.05, 0) is 33.1 Å². The van der Waals surface area contributed by atoms with Crippen LogP contribution in [-0.4, -0.2) is 49.6 Å². The zero-order valence-corrected chi connectivity index (χ0v) is 11.4. The average molecular weight is 269 g/mol. The highest BCUT2D eigenvalue weighted by atomic mass is 19.1. The second-order valence-electron chi connectivity index (χ2n) is 5.44. The van der Waals surface area contributed by atoms with E-state index < -0.39 is 17.7 Å². The van der Waals surface area contributed by atoms with Crippen LogP contribution in [0.1, 0.15) is 18.0 Å². The monoisotopic (exact) mass is 269 g/mol. The van der Waals surface area contributed by atoms with Gasteiger partial charge in [0.1, 0.15) is 11.6 Å². The maximum absolute atomic E-state index is 13.6. The Morgan fingerprint density at radius 3 is 2.74 bits per heavy atom. The Morgan fingerprint density at radius 2 is 2.16 bits per heavy atom. The van der Waals surface area contributed by atoms with Crippen LogP contribution in [-0.2, 0) is 0 Å². The van der Waals surface area contributed by atoms with Gasteiger partial charge in [-0.3, -0.25) is 4.90 Å². The third-order valence-corrected chi connectivity index (χ3v) is 3.79. The molecule has 1 heterocycles. The molecule has 1 saturated heterocycles. The summed E-state index contributed by atoms with van der Waals surface area (Å²) < 4.78 is 26.5. The van der Waals surface area contributed by atoms with Crippen molar-refractivity contribution in [2.45, 2.75) is 18.5 Å². The van der Waals surface area contributed by atoms with Crippen molar-refractivity contribution in [3.63, 3.8) is 0 Å². The zero-order chi connectivity index (χ0) is 14.0. The molecule has 0 aliphatic carbocycles. The molecule has 1 aliphatic heterocycles. The number of rotatable bonds is 4. The van der Waals surface area contributed by atoms with Gasteiger partial charge < -0.3 is 10.6 Å². The third kappa shape index (κ3) is 3.49. The van der Waals surface area contributed by atoms with Crippen LogP contribution < -0.4 is 5.73 Å². The average Bonchev–Trinajstić information content (AvgIpc) is 2.77. The minimum Gasteiger partial charge on any atom is -0.323 e. The van der Waals surface area contributed by atoms with Gasteiger partial charge >= 0.3 is 0 Å². The van der Waals surface area contributed by atoms with E-state index in [4.69, 9.17) is 5.73 Å². The topological polar surface area (TPSA) is 32.5 Å². The molecule has 2 unspecified atom stereocenters. The van der Waals surface area contributed by atoms with E-state index in [1.165, 1.54) is 12.1 Å². The fourth-order valence-electron chi connectivity index (χ4n) is 2.58. The van der Waals surface area contributed by atoms with Crippen LogP contribution in [0.25, 0.3) is 0 Å². The molecule has 2 atom stereocenters. The molecule has 0 spiro atoms. The smallest absolute Gasteiger partial charge is 0.130 e. The maximum Gasteiger partial charge on any atom is 0.130 e. The van der Waals surface area contributed by atoms with Gasteiger partial charge in [0.15, 0.2) is 0 Å². The summed E-state index contributed by atoms with van der Waals surface area (Å²) in [6.07, 6.45) is 1.10. The summed E-state index contributed by atoms with van der Waals surface area (Å²) in [6, 6.07) is 3.70. The number of nitrogens with zero attached hydrogens (tertiary/aromatic N) is 2. The molecular weight excluding hydrogens is 248 g/mol. The Bertz CT molecular complexity index is 437. The molecule has 0 amide bonds. The lowest BCUT2D eigenvalue weighted by molar-refractivity contribution is 0.259. The van der Waals surface area contributed by atoms with Gasteiger partial charge in [0.2, 0.25) is 0 Å². The van der Waals surface area contributed by atoms with Crippen molar-refractivity contribution >= 4 is 0 Å². The predicted molar refractivity (Wildman–Crippen MR) is 71.8 cm³/mol. The van der Waals surface area contributed by atoms with Crippen LogP contribution in [0.5, 0.6) is 0 Å². The predicted octanol–water partition coefficient (Wildman–Crippen LogP) is 1.60. The fourth-order valence-corrected chi connectivity index (χ4v) is 2.58. The highest BCUT2D eigenvalue weighted by Crippen LogP contribution is 2.20. The summed E-state index contributed by atoms with van der Waals surface area (Å²) >= 11 is 0. The van der Waals surface area contributed by atoms with E-state index >= 15 is 0 Å². The summed E-state index contributed by atoms with van der Waals surface area (Å²) in [6.45, 7) is 2.52. The van der Waals surface area contributed by atoms with Crippen LogP contribution in [0.4, 0.5) is 8.78 Å². The molecule has 1 aromatic rings. The molecule has 0 radical (unpaired) electrons. The zero-order valence-electron chi connectivity index (χ0n) is 11.4. The Hall–Kier alpha value is -1.04. The summed E-state index contributed by atoms with van der Waals surface area (Å²) in [5.41, 5.74) is 6.41. The van der Waals surface area contributed by atoms with Crippen LogP contribution in [0, 0.1) is 11.6 Å². The van der Waals surface area contributed by atoms with Gasteiger partial charge in [-0.15, -0.1) is 0 Å². The molecular formula is C14H21F2N3. The first-order valence-corrected chi connectivity index (χ1v) is 6.56. The van der Waals surface area contributed by atoms with Crippen molar-refractivity contribution in [2.75, 3.05) is 33.7 Å². The number of likely N-dealkylation sites (tertiary alicyclic amines) is 1. The Morgan fingerprint density at radius 1 is 1.42 bits per heavy atom. The summed E-state index contributed by atoms with van der Waals surface area (Å²) in [4.78, 5) is 4.43. The van der Waals surface area contributed by atoms with Crippen LogP contribution >= 0.6 is 0 Å². The lowest BCUT2D eigenvalue weighted by Crippen LogP contribution is -2.35. The van der Waals surface area contributed by atoms with Crippen molar-refractivity contribution in [1.82, 2.24) is 9.80 Å². The molecule has 1 aliphatic rings. The number of hydrogen-bond acceptors (Lipinski definition) is 3. The molecule has 19 heavy (non-hydrogen) atoms. The van der Waals surface area contributed by atoms with Crippen LogP contribution in [0.2, 0.25) is 0 Å². The van der Waals surface area contributed by atoms with Gasteiger partial charge in [-0.25, -0.2) is 8.78 Å². The van der Waals surface area contributed by atoms with Crippen LogP contribution in [0.3, 0.4) is 0 Å². The third-order valence-electron chi connectivity index (χ3n) is 3.79. The lowest BCUT2D eigenvalue weighted by Gasteiger charge is -2.23. The van der Waals surface area contributed by atoms with E-state index in [1.54, 1.807) is 0 Å². The summed E-state index contributed by atoms with van der Waals surface area (Å²) in [5, 5.41) is 0. The molecule has 1 fully saturated rings. The highest BCUT2D eigenvalue weighted by Gasteiger charge is 2.26. The number of nitrogens with two attached hydrogens (primary N) is 1. The van der Waals surface area contributed by atoms with Gasteiger partial charge in [0, 0.05) is 36.8 Å². The van der Waals surface area contributed by atoms with E-state index in [2.05, 4.69) is 23.9 Å². The Labute approximate surface area is 113 Å². The van der Waals surface area contributed by atoms with Crippen molar-refractivity contribution in [2.24, 2.45) is 5.73 Å². The molecule has 2 N–H and O–H groups in total. The van der Waals surface area contributed by atoms with Gasteiger partial charge in [0.05, 0.1) is 0 Å². The molecule has 0 bridgehead atoms. The van der Waals surface area contributed by atoms with Crippen molar-refractivity contribution < 1.29 is 8.78 Å². The van der Waals surface area contributed by atoms with E-state index in [0.717, 1.165) is 25.6 Å². The molecule has 1 aromatic carbocycles. The number of hydrogen-bond donors (Lipinski definition) is 1. The molecule has 0 saturated carbocycles. The summed E-state index contributed by atoms with van der Waals surface area (Å²) in [5.74, 6) is -1.13. The second-order valence-corrected chi connectivity index (χ2v) is 5.44. The molecule has 3 nitrogen and oxygen atoms in total. The normalized spacial score (nSPS) is 22.1. The minimum absolute atomic E-state index is 0.384. The van der Waals surface area contributed by atoms with Crippen molar-refractivity contribution in [3.05, 3.63) is 35.4 Å². The van der Waals surface area contributed by atoms with Gasteiger partial charge in [-0.2, -0.15) is 0 Å². The van der Waals surface area contributed by atoms with E-state index in [0.29, 0.717) is 18.2 Å². The quantitative estimate of drug-likeness (QED) is 0.901. The Balaban J connectivity index is 1.96.